The van der Waals surface area contributed by atoms with Crippen molar-refractivity contribution in [2.24, 2.45) is 5.41 Å². The molecule has 1 amide bonds. The number of imidazole rings is 1. The molecule has 6 nitrogen and oxygen atoms in total. The Kier molecular flexibility index (Phi) is 2.78. The van der Waals surface area contributed by atoms with Gasteiger partial charge in [0, 0.05) is 24.3 Å². The first-order valence-corrected chi connectivity index (χ1v) is 6.88. The van der Waals surface area contributed by atoms with Gasteiger partial charge in [0.2, 0.25) is 5.91 Å². The van der Waals surface area contributed by atoms with Crippen LogP contribution in [0.2, 0.25) is 0 Å². The molecule has 1 fully saturated rings. The van der Waals surface area contributed by atoms with Crippen LogP contribution >= 0.6 is 11.3 Å². The third kappa shape index (κ3) is 2.33. The Hall–Kier alpha value is -1.89. The number of amides is 1. The van der Waals surface area contributed by atoms with Crippen LogP contribution in [0.4, 0.5) is 0 Å². The van der Waals surface area contributed by atoms with E-state index in [1.807, 2.05) is 22.2 Å². The fourth-order valence-electron chi connectivity index (χ4n) is 1.97. The first kappa shape index (κ1) is 12.2. The van der Waals surface area contributed by atoms with Crippen molar-refractivity contribution in [3.8, 4) is 0 Å². The maximum Gasteiger partial charge on any atom is 0.311 e. The number of carbonyl (C=O) groups is 2. The lowest BCUT2D eigenvalue weighted by atomic mass is 10.1. The van der Waals surface area contributed by atoms with Crippen molar-refractivity contribution in [3.63, 3.8) is 0 Å². The minimum atomic E-state index is -0.824. The van der Waals surface area contributed by atoms with Crippen LogP contribution in [0.25, 0.3) is 4.96 Å². The van der Waals surface area contributed by atoms with Crippen LogP contribution in [-0.2, 0) is 16.0 Å². The van der Waals surface area contributed by atoms with Gasteiger partial charge in [0.15, 0.2) is 4.96 Å². The molecular weight excluding hydrogens is 266 g/mol. The van der Waals surface area contributed by atoms with E-state index >= 15 is 0 Å². The van der Waals surface area contributed by atoms with Gasteiger partial charge in [0.05, 0.1) is 17.5 Å². The summed E-state index contributed by atoms with van der Waals surface area (Å²) in [5, 5.41) is 13.6. The molecule has 2 N–H and O–H groups in total. The number of aromatic nitrogens is 2. The van der Waals surface area contributed by atoms with E-state index < -0.39 is 11.4 Å². The van der Waals surface area contributed by atoms with Gasteiger partial charge in [-0.1, -0.05) is 0 Å². The van der Waals surface area contributed by atoms with Crippen molar-refractivity contribution in [1.29, 1.82) is 0 Å². The molecule has 0 radical (unpaired) electrons. The van der Waals surface area contributed by atoms with Crippen molar-refractivity contribution >= 4 is 28.2 Å². The lowest BCUT2D eigenvalue weighted by molar-refractivity contribution is -0.143. The zero-order chi connectivity index (χ0) is 13.5. The van der Waals surface area contributed by atoms with Crippen molar-refractivity contribution in [1.82, 2.24) is 14.7 Å². The second-order valence-electron chi connectivity index (χ2n) is 4.86. The topological polar surface area (TPSA) is 83.7 Å². The molecule has 1 aliphatic rings. The molecular formula is C12H13N3O3S. The average Bonchev–Trinajstić information content (AvgIpc) is 2.89. The van der Waals surface area contributed by atoms with E-state index in [2.05, 4.69) is 10.3 Å². The third-order valence-electron chi connectivity index (χ3n) is 3.42. The van der Waals surface area contributed by atoms with Gasteiger partial charge in [-0.2, -0.15) is 0 Å². The van der Waals surface area contributed by atoms with E-state index in [9.17, 15) is 9.59 Å². The normalized spacial score (nSPS) is 16.4. The maximum atomic E-state index is 11.8. The van der Waals surface area contributed by atoms with E-state index in [4.69, 9.17) is 5.11 Å². The second-order valence-corrected chi connectivity index (χ2v) is 5.74. The molecule has 100 valence electrons. The number of aliphatic carboxylic acids is 1. The Morgan fingerprint density at radius 3 is 2.95 bits per heavy atom. The third-order valence-corrected chi connectivity index (χ3v) is 4.19. The number of carboxylic acids is 1. The van der Waals surface area contributed by atoms with Crippen LogP contribution in [-0.4, -0.2) is 32.9 Å². The first-order chi connectivity index (χ1) is 9.09. The highest BCUT2D eigenvalue weighted by atomic mass is 32.1. The molecule has 0 saturated heterocycles. The Morgan fingerprint density at radius 1 is 1.53 bits per heavy atom. The largest absolute Gasteiger partial charge is 0.481 e. The number of rotatable bonds is 5. The van der Waals surface area contributed by atoms with Gasteiger partial charge in [-0.25, -0.2) is 4.98 Å². The summed E-state index contributed by atoms with van der Waals surface area (Å²) in [6.07, 6.45) is 5.17. The minimum Gasteiger partial charge on any atom is -0.481 e. The molecule has 3 rings (SSSR count). The molecule has 0 unspecified atom stereocenters. The SMILES string of the molecule is O=C(Cc1cn2ccsc2n1)NCC1(C(=O)O)CC1. The monoisotopic (exact) mass is 279 g/mol. The van der Waals surface area contributed by atoms with E-state index in [0.717, 1.165) is 4.96 Å². The van der Waals surface area contributed by atoms with E-state index in [0.29, 0.717) is 18.5 Å². The van der Waals surface area contributed by atoms with Crippen LogP contribution in [0.3, 0.4) is 0 Å². The summed E-state index contributed by atoms with van der Waals surface area (Å²) >= 11 is 1.51. The van der Waals surface area contributed by atoms with Crippen LogP contribution in [0.5, 0.6) is 0 Å². The van der Waals surface area contributed by atoms with Gasteiger partial charge >= 0.3 is 5.97 Å². The molecule has 0 bridgehead atoms. The summed E-state index contributed by atoms with van der Waals surface area (Å²) in [4.78, 5) is 27.9. The lowest BCUT2D eigenvalue weighted by Crippen LogP contribution is -2.35. The van der Waals surface area contributed by atoms with Gasteiger partial charge in [-0.05, 0) is 12.8 Å². The number of thiazole rings is 1. The maximum absolute atomic E-state index is 11.8. The standard InChI is InChI=1S/C12H13N3O3S/c16-9(13-7-12(1-2-12)10(17)18)5-8-6-15-3-4-19-11(15)14-8/h3-4,6H,1-2,5,7H2,(H,13,16)(H,17,18). The predicted molar refractivity (Wildman–Crippen MR) is 69.1 cm³/mol. The number of carboxylic acid groups (broad SMARTS) is 1. The van der Waals surface area contributed by atoms with Crippen LogP contribution < -0.4 is 5.32 Å². The molecule has 0 aromatic carbocycles. The van der Waals surface area contributed by atoms with Crippen molar-refractivity contribution < 1.29 is 14.7 Å². The highest BCUT2D eigenvalue weighted by Crippen LogP contribution is 2.45. The van der Waals surface area contributed by atoms with Gasteiger partial charge in [-0.3, -0.25) is 14.0 Å². The van der Waals surface area contributed by atoms with Gasteiger partial charge in [0.1, 0.15) is 0 Å². The summed E-state index contributed by atoms with van der Waals surface area (Å²) in [5.41, 5.74) is -0.0194. The van der Waals surface area contributed by atoms with E-state index in [1.165, 1.54) is 11.3 Å². The fraction of sp³-hybridized carbons (Fsp3) is 0.417. The molecule has 2 aromatic heterocycles. The summed E-state index contributed by atoms with van der Waals surface area (Å²) in [6.45, 7) is 0.212. The van der Waals surface area contributed by atoms with Crippen molar-refractivity contribution in [3.05, 3.63) is 23.5 Å². The van der Waals surface area contributed by atoms with Gasteiger partial charge in [0.25, 0.3) is 0 Å². The average molecular weight is 279 g/mol. The lowest BCUT2D eigenvalue weighted by Gasteiger charge is -2.10. The molecule has 0 spiro atoms. The smallest absolute Gasteiger partial charge is 0.311 e. The molecule has 19 heavy (non-hydrogen) atoms. The number of hydrogen-bond acceptors (Lipinski definition) is 4. The van der Waals surface area contributed by atoms with Gasteiger partial charge in [-0.15, -0.1) is 11.3 Å². The minimum absolute atomic E-state index is 0.182. The summed E-state index contributed by atoms with van der Waals surface area (Å²) in [6, 6.07) is 0. The van der Waals surface area contributed by atoms with Crippen LogP contribution in [0.15, 0.2) is 17.8 Å². The van der Waals surface area contributed by atoms with E-state index in [1.54, 1.807) is 0 Å². The fourth-order valence-corrected chi connectivity index (χ4v) is 2.69. The molecule has 1 aliphatic carbocycles. The molecule has 0 aliphatic heterocycles. The van der Waals surface area contributed by atoms with E-state index in [-0.39, 0.29) is 18.9 Å². The van der Waals surface area contributed by atoms with Crippen LogP contribution in [0, 0.1) is 5.41 Å². The molecule has 7 heteroatoms. The molecule has 2 heterocycles. The van der Waals surface area contributed by atoms with Crippen LogP contribution in [0.1, 0.15) is 18.5 Å². The number of fused-ring (bicyclic) bond motifs is 1. The highest BCUT2D eigenvalue weighted by Gasteiger charge is 2.50. The molecule has 2 aromatic rings. The first-order valence-electron chi connectivity index (χ1n) is 6.00. The zero-order valence-corrected chi connectivity index (χ0v) is 10.9. The second kappa shape index (κ2) is 4.34. The van der Waals surface area contributed by atoms with Crippen molar-refractivity contribution in [2.75, 3.05) is 6.54 Å². The Labute approximate surface area is 113 Å². The Balaban J connectivity index is 1.57. The molecule has 0 atom stereocenters. The Morgan fingerprint density at radius 2 is 2.32 bits per heavy atom. The number of hydrogen-bond donors (Lipinski definition) is 2. The molecule has 1 saturated carbocycles. The number of nitrogens with one attached hydrogen (secondary N) is 1. The predicted octanol–water partition coefficient (Wildman–Crippen LogP) is 0.919. The summed E-state index contributed by atoms with van der Waals surface area (Å²) in [5.74, 6) is -1.01. The number of carbonyl (C=O) groups excluding carboxylic acids is 1. The summed E-state index contributed by atoms with van der Waals surface area (Å²) < 4.78 is 1.87. The van der Waals surface area contributed by atoms with Gasteiger partial charge < -0.3 is 10.4 Å². The van der Waals surface area contributed by atoms with Crippen molar-refractivity contribution in [2.45, 2.75) is 19.3 Å². The Bertz CT molecular complexity index is 613. The highest BCUT2D eigenvalue weighted by molar-refractivity contribution is 7.15. The number of nitrogens with zero attached hydrogens (tertiary/aromatic N) is 2. The quantitative estimate of drug-likeness (QED) is 0.852. The summed E-state index contributed by atoms with van der Waals surface area (Å²) in [7, 11) is 0. The zero-order valence-electron chi connectivity index (χ0n) is 10.1.